The summed E-state index contributed by atoms with van der Waals surface area (Å²) < 4.78 is 14.3. The summed E-state index contributed by atoms with van der Waals surface area (Å²) in [6.45, 7) is 7.36. The molecule has 0 bridgehead atoms. The molecule has 0 radical (unpaired) electrons. The number of anilines is 1. The van der Waals surface area contributed by atoms with Crippen molar-refractivity contribution in [1.29, 1.82) is 0 Å². The lowest BCUT2D eigenvalue weighted by molar-refractivity contribution is -0.114. The number of carbonyl (C=O) groups excluding carboxylic acids is 1. The van der Waals surface area contributed by atoms with Gasteiger partial charge in [0, 0.05) is 24.0 Å². The SMILES string of the molecule is CCN(CC)CCN(C(=O)/C=C/c1cccs1)c1nc2ccc(F)cc2s1.[Cl-]. The van der Waals surface area contributed by atoms with E-state index in [0.717, 1.165) is 29.2 Å². The molecule has 0 aliphatic heterocycles. The number of thiazole rings is 1. The zero-order valence-corrected chi connectivity index (χ0v) is 18.2. The average Bonchev–Trinajstić information content (AvgIpc) is 3.32. The molecule has 3 rings (SSSR count). The Bertz CT molecular complexity index is 923. The van der Waals surface area contributed by atoms with Gasteiger partial charge in [-0.05, 0) is 48.8 Å². The van der Waals surface area contributed by atoms with Crippen molar-refractivity contribution in [3.8, 4) is 0 Å². The normalized spacial score (nSPS) is 11.3. The zero-order chi connectivity index (χ0) is 19.2. The van der Waals surface area contributed by atoms with Crippen LogP contribution in [0.2, 0.25) is 0 Å². The predicted octanol–water partition coefficient (Wildman–Crippen LogP) is 1.89. The van der Waals surface area contributed by atoms with Gasteiger partial charge < -0.3 is 17.3 Å². The fourth-order valence-electron chi connectivity index (χ4n) is 2.71. The minimum absolute atomic E-state index is 0. The fourth-order valence-corrected chi connectivity index (χ4v) is 4.35. The third kappa shape index (κ3) is 5.61. The maximum Gasteiger partial charge on any atom is 0.252 e. The van der Waals surface area contributed by atoms with Crippen LogP contribution in [-0.2, 0) is 4.79 Å². The minimum Gasteiger partial charge on any atom is -1.00 e. The molecular weight excluding hydrogens is 417 g/mol. The summed E-state index contributed by atoms with van der Waals surface area (Å²) in [5.74, 6) is -0.411. The monoisotopic (exact) mass is 438 g/mol. The van der Waals surface area contributed by atoms with Crippen LogP contribution < -0.4 is 17.3 Å². The number of likely N-dealkylation sites (N-methyl/N-ethyl adjacent to an activating group) is 1. The van der Waals surface area contributed by atoms with Crippen molar-refractivity contribution in [2.45, 2.75) is 13.8 Å². The first kappa shape index (κ1) is 22.5. The summed E-state index contributed by atoms with van der Waals surface area (Å²) in [5, 5.41) is 2.58. The van der Waals surface area contributed by atoms with Crippen LogP contribution in [0.25, 0.3) is 16.3 Å². The standard InChI is InChI=1S/C20H22FN3OS2.ClH/c1-3-23(4-2)11-12-24(19(25)10-8-16-6-5-13-26-16)20-22-17-9-7-15(21)14-18(17)27-20;/h5-10,13-14H,3-4,11-12H2,1-2H3;1H/p-1/b10-8+;. The molecule has 28 heavy (non-hydrogen) atoms. The van der Waals surface area contributed by atoms with Crippen molar-refractivity contribution >= 4 is 50.0 Å². The van der Waals surface area contributed by atoms with Gasteiger partial charge in [0.25, 0.3) is 5.91 Å². The summed E-state index contributed by atoms with van der Waals surface area (Å²) in [6.07, 6.45) is 3.41. The number of halogens is 2. The second-order valence-electron chi connectivity index (χ2n) is 5.97. The Morgan fingerprint density at radius 2 is 2.00 bits per heavy atom. The van der Waals surface area contributed by atoms with E-state index in [2.05, 4.69) is 23.7 Å². The van der Waals surface area contributed by atoms with Crippen LogP contribution in [0.15, 0.2) is 41.8 Å². The Labute approximate surface area is 178 Å². The summed E-state index contributed by atoms with van der Waals surface area (Å²) >= 11 is 2.93. The van der Waals surface area contributed by atoms with Crippen LogP contribution in [0.5, 0.6) is 0 Å². The molecule has 2 heterocycles. The third-order valence-corrected chi connectivity index (χ3v) is 6.18. The van der Waals surface area contributed by atoms with Gasteiger partial charge in [-0.25, -0.2) is 9.37 Å². The Hall–Kier alpha value is -1.80. The number of amides is 1. The molecule has 3 aromatic rings. The summed E-state index contributed by atoms with van der Waals surface area (Å²) in [7, 11) is 0. The topological polar surface area (TPSA) is 36.4 Å². The lowest BCUT2D eigenvalue weighted by Gasteiger charge is -2.23. The van der Waals surface area contributed by atoms with E-state index in [-0.39, 0.29) is 24.1 Å². The molecular formula is C20H22ClFN3OS2-. The number of carbonyl (C=O) groups is 1. The van der Waals surface area contributed by atoms with E-state index in [9.17, 15) is 9.18 Å². The van der Waals surface area contributed by atoms with Gasteiger partial charge in [0.05, 0.1) is 10.2 Å². The molecule has 4 nitrogen and oxygen atoms in total. The highest BCUT2D eigenvalue weighted by Gasteiger charge is 2.19. The Kier molecular flexibility index (Phi) is 8.57. The quantitative estimate of drug-likeness (QED) is 0.504. The molecule has 0 aliphatic rings. The van der Waals surface area contributed by atoms with Gasteiger partial charge in [-0.1, -0.05) is 31.3 Å². The summed E-state index contributed by atoms with van der Waals surface area (Å²) in [6, 6.07) is 8.43. The van der Waals surface area contributed by atoms with Gasteiger partial charge in [-0.2, -0.15) is 0 Å². The van der Waals surface area contributed by atoms with Crippen molar-refractivity contribution in [2.75, 3.05) is 31.1 Å². The lowest BCUT2D eigenvalue weighted by Crippen LogP contribution is -3.00. The van der Waals surface area contributed by atoms with Crippen LogP contribution in [0.4, 0.5) is 9.52 Å². The maximum atomic E-state index is 13.5. The molecule has 0 atom stereocenters. The number of rotatable bonds is 8. The highest BCUT2D eigenvalue weighted by molar-refractivity contribution is 7.22. The van der Waals surface area contributed by atoms with Crippen molar-refractivity contribution in [3.05, 3.63) is 52.5 Å². The molecule has 0 saturated carbocycles. The van der Waals surface area contributed by atoms with Gasteiger partial charge in [-0.3, -0.25) is 9.69 Å². The highest BCUT2D eigenvalue weighted by Crippen LogP contribution is 2.29. The molecule has 8 heteroatoms. The number of aromatic nitrogens is 1. The molecule has 0 unspecified atom stereocenters. The molecule has 0 N–H and O–H groups in total. The highest BCUT2D eigenvalue weighted by atomic mass is 35.5. The lowest BCUT2D eigenvalue weighted by atomic mass is 10.3. The molecule has 0 spiro atoms. The Morgan fingerprint density at radius 1 is 1.21 bits per heavy atom. The smallest absolute Gasteiger partial charge is 0.252 e. The van der Waals surface area contributed by atoms with Gasteiger partial charge in [-0.15, -0.1) is 11.3 Å². The van der Waals surface area contributed by atoms with Crippen molar-refractivity contribution < 1.29 is 21.6 Å². The predicted molar refractivity (Wildman–Crippen MR) is 113 cm³/mol. The van der Waals surface area contributed by atoms with Crippen molar-refractivity contribution in [3.63, 3.8) is 0 Å². The summed E-state index contributed by atoms with van der Waals surface area (Å²) in [4.78, 5) is 22.4. The number of fused-ring (bicyclic) bond motifs is 1. The second-order valence-corrected chi connectivity index (χ2v) is 7.96. The molecule has 1 aromatic carbocycles. The fraction of sp³-hybridized carbons (Fsp3) is 0.300. The van der Waals surface area contributed by atoms with Crippen LogP contribution in [0.3, 0.4) is 0 Å². The van der Waals surface area contributed by atoms with Crippen molar-refractivity contribution in [1.82, 2.24) is 9.88 Å². The van der Waals surface area contributed by atoms with E-state index in [1.807, 2.05) is 23.6 Å². The average molecular weight is 439 g/mol. The van der Waals surface area contributed by atoms with Crippen LogP contribution in [0.1, 0.15) is 18.7 Å². The largest absolute Gasteiger partial charge is 1.00 e. The van der Waals surface area contributed by atoms with E-state index in [1.54, 1.807) is 28.4 Å². The van der Waals surface area contributed by atoms with E-state index in [1.165, 1.54) is 23.5 Å². The van der Waals surface area contributed by atoms with E-state index >= 15 is 0 Å². The third-order valence-electron chi connectivity index (χ3n) is 4.30. The van der Waals surface area contributed by atoms with Crippen molar-refractivity contribution in [2.24, 2.45) is 0 Å². The number of nitrogens with zero attached hydrogens (tertiary/aromatic N) is 3. The minimum atomic E-state index is -0.295. The summed E-state index contributed by atoms with van der Waals surface area (Å²) in [5.41, 5.74) is 0.708. The Morgan fingerprint density at radius 3 is 2.68 bits per heavy atom. The van der Waals surface area contributed by atoms with E-state index in [4.69, 9.17) is 0 Å². The van der Waals surface area contributed by atoms with Crippen LogP contribution in [-0.4, -0.2) is 42.0 Å². The molecule has 150 valence electrons. The molecule has 0 saturated heterocycles. The van der Waals surface area contributed by atoms with Gasteiger partial charge in [0.15, 0.2) is 5.13 Å². The number of hydrogen-bond acceptors (Lipinski definition) is 5. The first-order valence-corrected chi connectivity index (χ1v) is 10.6. The number of benzene rings is 1. The molecule has 1 amide bonds. The number of hydrogen-bond donors (Lipinski definition) is 0. The van der Waals surface area contributed by atoms with E-state index in [0.29, 0.717) is 17.2 Å². The maximum absolute atomic E-state index is 13.5. The van der Waals surface area contributed by atoms with E-state index < -0.39 is 0 Å². The molecule has 2 aromatic heterocycles. The Balaban J connectivity index is 0.00000280. The van der Waals surface area contributed by atoms with Gasteiger partial charge in [0.1, 0.15) is 5.82 Å². The molecule has 0 fully saturated rings. The zero-order valence-electron chi connectivity index (χ0n) is 15.8. The number of thiophene rings is 1. The van der Waals surface area contributed by atoms with Crippen LogP contribution in [0, 0.1) is 5.82 Å². The molecule has 0 aliphatic carbocycles. The van der Waals surface area contributed by atoms with Gasteiger partial charge >= 0.3 is 0 Å². The first-order valence-electron chi connectivity index (χ1n) is 8.92. The van der Waals surface area contributed by atoms with Gasteiger partial charge in [0.2, 0.25) is 0 Å². The second kappa shape index (κ2) is 10.7. The first-order chi connectivity index (χ1) is 13.1. The van der Waals surface area contributed by atoms with Crippen LogP contribution >= 0.6 is 22.7 Å².